The van der Waals surface area contributed by atoms with Gasteiger partial charge in [-0.2, -0.15) is 0 Å². The van der Waals surface area contributed by atoms with E-state index in [0.29, 0.717) is 17.7 Å². The summed E-state index contributed by atoms with van der Waals surface area (Å²) in [7, 11) is 0. The van der Waals surface area contributed by atoms with Crippen molar-refractivity contribution in [3.63, 3.8) is 0 Å². The topological polar surface area (TPSA) is 38.4 Å². The van der Waals surface area contributed by atoms with Crippen LogP contribution < -0.4 is 5.73 Å². The minimum absolute atomic E-state index is 0.369. The largest absolute Gasteiger partial charge is 0.383 e. The molecule has 1 atom stereocenters. The molecule has 2 heteroatoms. The van der Waals surface area contributed by atoms with Gasteiger partial charge in [0.2, 0.25) is 0 Å². The highest BCUT2D eigenvalue weighted by molar-refractivity contribution is 5.97. The summed E-state index contributed by atoms with van der Waals surface area (Å²) >= 11 is 0. The molecule has 68 valence electrons. The molecular formula is C10H18N2. The molecule has 0 spiro atoms. The Kier molecular flexibility index (Phi) is 4.34. The first-order valence-electron chi connectivity index (χ1n) is 4.14. The van der Waals surface area contributed by atoms with Crippen molar-refractivity contribution in [2.75, 3.05) is 0 Å². The zero-order valence-corrected chi connectivity index (χ0v) is 8.17. The summed E-state index contributed by atoms with van der Waals surface area (Å²) in [6, 6.07) is 0. The molecule has 2 nitrogen and oxygen atoms in total. The fourth-order valence-corrected chi connectivity index (χ4v) is 0.817. The number of hydrogen-bond donors (Lipinski definition) is 1. The van der Waals surface area contributed by atoms with E-state index in [1.807, 2.05) is 0 Å². The molecule has 0 bridgehead atoms. The van der Waals surface area contributed by atoms with E-state index in [4.69, 9.17) is 5.73 Å². The molecular weight excluding hydrogens is 148 g/mol. The minimum Gasteiger partial charge on any atom is -0.383 e. The van der Waals surface area contributed by atoms with Gasteiger partial charge in [-0.15, -0.1) is 0 Å². The van der Waals surface area contributed by atoms with Gasteiger partial charge in [0.05, 0.1) is 0 Å². The maximum Gasteiger partial charge on any atom is 0.126 e. The van der Waals surface area contributed by atoms with E-state index in [2.05, 4.69) is 38.9 Å². The van der Waals surface area contributed by atoms with E-state index in [0.717, 1.165) is 5.57 Å². The lowest BCUT2D eigenvalue weighted by atomic mass is 9.90. The van der Waals surface area contributed by atoms with Crippen LogP contribution in [-0.2, 0) is 0 Å². The van der Waals surface area contributed by atoms with E-state index < -0.39 is 0 Å². The molecule has 0 radical (unpaired) electrons. The van der Waals surface area contributed by atoms with Crippen molar-refractivity contribution in [3.05, 3.63) is 24.9 Å². The summed E-state index contributed by atoms with van der Waals surface area (Å²) in [5.41, 5.74) is 6.54. The highest BCUT2D eigenvalue weighted by Gasteiger charge is 2.13. The van der Waals surface area contributed by atoms with Gasteiger partial charge in [-0.3, -0.25) is 0 Å². The first-order chi connectivity index (χ1) is 5.50. The highest BCUT2D eigenvalue weighted by Crippen LogP contribution is 2.17. The molecule has 0 amide bonds. The average Bonchev–Trinajstić information content (AvgIpc) is 2.02. The Labute approximate surface area is 74.9 Å². The minimum atomic E-state index is 0.369. The number of nitrogens with zero attached hydrogens (tertiary/aromatic N) is 1. The maximum atomic E-state index is 5.65. The number of amidine groups is 1. The molecule has 1 unspecified atom stereocenters. The molecule has 0 aliphatic rings. The second-order valence-electron chi connectivity index (χ2n) is 3.25. The fraction of sp³-hybridized carbons (Fsp3) is 0.500. The SMILES string of the molecule is C=CN=C(N)C(=C)C(C)C(C)C. The molecule has 12 heavy (non-hydrogen) atoms. The van der Waals surface area contributed by atoms with Crippen LogP contribution in [0.15, 0.2) is 29.9 Å². The number of rotatable bonds is 4. The van der Waals surface area contributed by atoms with Gasteiger partial charge in [0.15, 0.2) is 0 Å². The second kappa shape index (κ2) is 4.75. The van der Waals surface area contributed by atoms with Crippen LogP contribution in [0.1, 0.15) is 20.8 Å². The summed E-state index contributed by atoms with van der Waals surface area (Å²) < 4.78 is 0. The standard InChI is InChI=1S/C10H18N2/c1-6-12-10(11)9(5)8(4)7(2)3/h6-8H,1,5H2,2-4H3,(H2,11,12). The third kappa shape index (κ3) is 2.91. The van der Waals surface area contributed by atoms with Crippen LogP contribution in [0.5, 0.6) is 0 Å². The van der Waals surface area contributed by atoms with Gasteiger partial charge in [0.25, 0.3) is 0 Å². The summed E-state index contributed by atoms with van der Waals surface area (Å²) in [5, 5.41) is 0. The molecule has 0 aliphatic carbocycles. The lowest BCUT2D eigenvalue weighted by Crippen LogP contribution is -2.21. The molecule has 0 aliphatic heterocycles. The Bertz CT molecular complexity index is 202. The van der Waals surface area contributed by atoms with E-state index in [-0.39, 0.29) is 0 Å². The molecule has 0 rings (SSSR count). The van der Waals surface area contributed by atoms with Crippen molar-refractivity contribution >= 4 is 5.84 Å². The molecule has 0 aromatic carbocycles. The monoisotopic (exact) mass is 166 g/mol. The van der Waals surface area contributed by atoms with Gasteiger partial charge in [0, 0.05) is 6.20 Å². The van der Waals surface area contributed by atoms with Gasteiger partial charge in [-0.05, 0) is 17.4 Å². The summed E-state index contributed by atoms with van der Waals surface area (Å²) in [4.78, 5) is 3.89. The predicted octanol–water partition coefficient (Wildman–Crippen LogP) is 2.34. The first kappa shape index (κ1) is 11.0. The molecule has 0 heterocycles. The summed E-state index contributed by atoms with van der Waals surface area (Å²) in [5.74, 6) is 1.40. The van der Waals surface area contributed by atoms with Gasteiger partial charge < -0.3 is 5.73 Å². The zero-order chi connectivity index (χ0) is 9.72. The fourth-order valence-electron chi connectivity index (χ4n) is 0.817. The van der Waals surface area contributed by atoms with Crippen LogP contribution in [0.3, 0.4) is 0 Å². The number of nitrogens with two attached hydrogens (primary N) is 1. The van der Waals surface area contributed by atoms with Crippen LogP contribution in [-0.4, -0.2) is 5.84 Å². The molecule has 0 fully saturated rings. The van der Waals surface area contributed by atoms with Crippen molar-refractivity contribution in [1.82, 2.24) is 0 Å². The second-order valence-corrected chi connectivity index (χ2v) is 3.25. The van der Waals surface area contributed by atoms with Crippen LogP contribution in [0.2, 0.25) is 0 Å². The first-order valence-corrected chi connectivity index (χ1v) is 4.14. The maximum absolute atomic E-state index is 5.65. The Balaban J connectivity index is 4.39. The summed E-state index contributed by atoms with van der Waals surface area (Å²) in [6.07, 6.45) is 1.44. The average molecular weight is 166 g/mol. The van der Waals surface area contributed by atoms with Gasteiger partial charge in [-0.1, -0.05) is 33.9 Å². The van der Waals surface area contributed by atoms with E-state index in [1.54, 1.807) is 0 Å². The Morgan fingerprint density at radius 1 is 1.42 bits per heavy atom. The van der Waals surface area contributed by atoms with Crippen molar-refractivity contribution < 1.29 is 0 Å². The van der Waals surface area contributed by atoms with Crippen LogP contribution in [0, 0.1) is 11.8 Å². The van der Waals surface area contributed by atoms with E-state index in [1.165, 1.54) is 6.20 Å². The lowest BCUT2D eigenvalue weighted by molar-refractivity contribution is 0.493. The van der Waals surface area contributed by atoms with Gasteiger partial charge in [0.1, 0.15) is 5.84 Å². The number of hydrogen-bond acceptors (Lipinski definition) is 1. The Morgan fingerprint density at radius 2 is 1.92 bits per heavy atom. The third-order valence-electron chi connectivity index (χ3n) is 2.11. The van der Waals surface area contributed by atoms with Crippen molar-refractivity contribution in [2.24, 2.45) is 22.6 Å². The summed E-state index contributed by atoms with van der Waals surface area (Å²) in [6.45, 7) is 13.7. The van der Waals surface area contributed by atoms with Crippen molar-refractivity contribution in [3.8, 4) is 0 Å². The Morgan fingerprint density at radius 3 is 2.25 bits per heavy atom. The van der Waals surface area contributed by atoms with Gasteiger partial charge >= 0.3 is 0 Å². The van der Waals surface area contributed by atoms with Crippen molar-refractivity contribution in [2.45, 2.75) is 20.8 Å². The normalized spacial score (nSPS) is 14.5. The molecule has 2 N–H and O–H groups in total. The predicted molar refractivity (Wildman–Crippen MR) is 55.0 cm³/mol. The highest BCUT2D eigenvalue weighted by atomic mass is 14.8. The smallest absolute Gasteiger partial charge is 0.126 e. The van der Waals surface area contributed by atoms with E-state index >= 15 is 0 Å². The van der Waals surface area contributed by atoms with Crippen LogP contribution in [0.25, 0.3) is 0 Å². The van der Waals surface area contributed by atoms with E-state index in [9.17, 15) is 0 Å². The van der Waals surface area contributed by atoms with Crippen molar-refractivity contribution in [1.29, 1.82) is 0 Å². The zero-order valence-electron chi connectivity index (χ0n) is 8.17. The van der Waals surface area contributed by atoms with Crippen LogP contribution >= 0.6 is 0 Å². The molecule has 0 saturated carbocycles. The van der Waals surface area contributed by atoms with Gasteiger partial charge in [-0.25, -0.2) is 4.99 Å². The van der Waals surface area contributed by atoms with Crippen LogP contribution in [0.4, 0.5) is 0 Å². The lowest BCUT2D eigenvalue weighted by Gasteiger charge is -2.17. The Hall–Kier alpha value is -1.05. The quantitative estimate of drug-likeness (QED) is 0.505. The molecule has 0 saturated heterocycles. The molecule has 0 aromatic rings. The molecule has 0 aromatic heterocycles. The third-order valence-corrected chi connectivity index (χ3v) is 2.11. The number of aliphatic imine (C=N–C) groups is 1.